The number of hydrogen-bond acceptors (Lipinski definition) is 3. The summed E-state index contributed by atoms with van der Waals surface area (Å²) in [5, 5.41) is 0. The first-order valence-corrected chi connectivity index (χ1v) is 10.9. The lowest BCUT2D eigenvalue weighted by Gasteiger charge is -2.26. The summed E-state index contributed by atoms with van der Waals surface area (Å²) < 4.78 is 5.84. The van der Waals surface area contributed by atoms with Crippen molar-refractivity contribution in [3.05, 3.63) is 107 Å². The van der Waals surface area contributed by atoms with Gasteiger partial charge in [-0.1, -0.05) is 84.9 Å². The van der Waals surface area contributed by atoms with Gasteiger partial charge in [0.15, 0.2) is 6.04 Å². The Kier molecular flexibility index (Phi) is 6.03. The molecule has 0 radical (unpaired) electrons. The Hall–Kier alpha value is -3.20. The molecule has 3 aromatic rings. The molecule has 0 fully saturated rings. The minimum Gasteiger partial charge on any atom is -0.458 e. The summed E-state index contributed by atoms with van der Waals surface area (Å²) in [6.45, 7) is 5.72. The number of rotatable bonds is 5. The molecule has 1 aliphatic rings. The quantitative estimate of drug-likeness (QED) is 0.402. The number of esters is 1. The maximum absolute atomic E-state index is 13.4. The van der Waals surface area contributed by atoms with Crippen molar-refractivity contribution in [1.82, 2.24) is 0 Å². The number of carbonyl (C=O) groups is 1. The molecule has 0 spiro atoms. The first kappa shape index (κ1) is 21.0. The number of nitrogens with zero attached hydrogens (tertiary/aromatic N) is 1. The molecule has 0 saturated carbocycles. The van der Waals surface area contributed by atoms with E-state index in [1.807, 2.05) is 81.4 Å². The van der Waals surface area contributed by atoms with Gasteiger partial charge in [-0.05, 0) is 44.7 Å². The molecule has 0 aliphatic heterocycles. The molecule has 4 rings (SSSR count). The van der Waals surface area contributed by atoms with Crippen LogP contribution in [0, 0.1) is 5.92 Å². The molecule has 0 amide bonds. The Morgan fingerprint density at radius 3 is 1.71 bits per heavy atom. The average Bonchev–Trinajstić information content (AvgIpc) is 3.18. The van der Waals surface area contributed by atoms with E-state index in [9.17, 15) is 4.79 Å². The molecule has 1 aliphatic carbocycles. The SMILES string of the molecule is CC(C)(C)OC(=O)C(N=C(c1ccccc1)c1ccccc1)C1Cc2ccccc2C1. The lowest BCUT2D eigenvalue weighted by molar-refractivity contribution is -0.157. The van der Waals surface area contributed by atoms with Gasteiger partial charge in [0.05, 0.1) is 5.71 Å². The highest BCUT2D eigenvalue weighted by molar-refractivity contribution is 6.13. The van der Waals surface area contributed by atoms with Crippen molar-refractivity contribution in [2.24, 2.45) is 10.9 Å². The van der Waals surface area contributed by atoms with E-state index in [2.05, 4.69) is 24.3 Å². The standard InChI is InChI=1S/C28H29NO2/c1-28(2,3)31-27(30)26(24-18-22-16-10-11-17-23(22)19-24)29-25(20-12-6-4-7-13-20)21-14-8-5-9-15-21/h4-17,24,26H,18-19H2,1-3H3. The van der Waals surface area contributed by atoms with Crippen LogP contribution < -0.4 is 0 Å². The van der Waals surface area contributed by atoms with Crippen LogP contribution in [0.4, 0.5) is 0 Å². The van der Waals surface area contributed by atoms with Crippen LogP contribution in [-0.2, 0) is 22.4 Å². The molecule has 1 atom stereocenters. The molecular weight excluding hydrogens is 382 g/mol. The van der Waals surface area contributed by atoms with Crippen molar-refractivity contribution < 1.29 is 9.53 Å². The smallest absolute Gasteiger partial charge is 0.331 e. The minimum absolute atomic E-state index is 0.0784. The lowest BCUT2D eigenvalue weighted by Crippen LogP contribution is -2.36. The molecule has 0 bridgehead atoms. The Bertz CT molecular complexity index is 998. The summed E-state index contributed by atoms with van der Waals surface area (Å²) in [5.41, 5.74) is 4.87. The van der Waals surface area contributed by atoms with Gasteiger partial charge < -0.3 is 4.74 Å². The number of fused-ring (bicyclic) bond motifs is 1. The van der Waals surface area contributed by atoms with Crippen LogP contribution in [0.25, 0.3) is 0 Å². The molecule has 0 aromatic heterocycles. The van der Waals surface area contributed by atoms with Gasteiger partial charge in [0.2, 0.25) is 0 Å². The predicted molar refractivity (Wildman–Crippen MR) is 125 cm³/mol. The lowest BCUT2D eigenvalue weighted by atomic mass is 9.95. The summed E-state index contributed by atoms with van der Waals surface area (Å²) in [5.74, 6) is -0.177. The van der Waals surface area contributed by atoms with E-state index in [-0.39, 0.29) is 11.9 Å². The molecule has 158 valence electrons. The molecular formula is C28H29NO2. The molecule has 0 heterocycles. The zero-order chi connectivity index (χ0) is 21.8. The van der Waals surface area contributed by atoms with Crippen LogP contribution in [0.2, 0.25) is 0 Å². The van der Waals surface area contributed by atoms with E-state index in [0.717, 1.165) is 29.7 Å². The van der Waals surface area contributed by atoms with Gasteiger partial charge in [-0.25, -0.2) is 4.79 Å². The highest BCUT2D eigenvalue weighted by atomic mass is 16.6. The monoisotopic (exact) mass is 411 g/mol. The number of ether oxygens (including phenoxy) is 1. The molecule has 1 unspecified atom stereocenters. The van der Waals surface area contributed by atoms with E-state index < -0.39 is 11.6 Å². The zero-order valence-electron chi connectivity index (χ0n) is 18.4. The first-order chi connectivity index (χ1) is 14.9. The number of hydrogen-bond donors (Lipinski definition) is 0. The Morgan fingerprint density at radius 1 is 0.806 bits per heavy atom. The van der Waals surface area contributed by atoms with Crippen LogP contribution in [0.3, 0.4) is 0 Å². The predicted octanol–water partition coefficient (Wildman–Crippen LogP) is 5.65. The molecule has 0 N–H and O–H groups in total. The van der Waals surface area contributed by atoms with Crippen LogP contribution in [0.15, 0.2) is 89.9 Å². The second-order valence-electron chi connectivity index (χ2n) is 9.13. The largest absolute Gasteiger partial charge is 0.458 e. The third kappa shape index (κ3) is 5.11. The van der Waals surface area contributed by atoms with E-state index in [1.54, 1.807) is 0 Å². The Labute approximate surface area is 184 Å². The Balaban J connectivity index is 1.77. The van der Waals surface area contributed by atoms with Crippen molar-refractivity contribution in [3.8, 4) is 0 Å². The van der Waals surface area contributed by atoms with Gasteiger partial charge >= 0.3 is 5.97 Å². The van der Waals surface area contributed by atoms with Crippen molar-refractivity contribution in [3.63, 3.8) is 0 Å². The normalized spacial score (nSPS) is 14.5. The van der Waals surface area contributed by atoms with Crippen LogP contribution >= 0.6 is 0 Å². The van der Waals surface area contributed by atoms with Gasteiger partial charge in [-0.15, -0.1) is 0 Å². The van der Waals surface area contributed by atoms with E-state index in [1.165, 1.54) is 11.1 Å². The van der Waals surface area contributed by atoms with Crippen LogP contribution in [-0.4, -0.2) is 23.3 Å². The topological polar surface area (TPSA) is 38.7 Å². The molecule has 0 saturated heterocycles. The van der Waals surface area contributed by atoms with Gasteiger partial charge in [-0.2, -0.15) is 0 Å². The maximum Gasteiger partial charge on any atom is 0.331 e. The van der Waals surface area contributed by atoms with Gasteiger partial charge in [-0.3, -0.25) is 4.99 Å². The first-order valence-electron chi connectivity index (χ1n) is 10.9. The van der Waals surface area contributed by atoms with Crippen molar-refractivity contribution in [2.45, 2.75) is 45.3 Å². The van der Waals surface area contributed by atoms with Gasteiger partial charge in [0.25, 0.3) is 0 Å². The highest BCUT2D eigenvalue weighted by Gasteiger charge is 2.36. The van der Waals surface area contributed by atoms with Gasteiger partial charge in [0, 0.05) is 17.0 Å². The zero-order valence-corrected chi connectivity index (χ0v) is 18.4. The van der Waals surface area contributed by atoms with Crippen molar-refractivity contribution in [2.75, 3.05) is 0 Å². The average molecular weight is 412 g/mol. The number of aliphatic imine (C=N–C) groups is 1. The third-order valence-electron chi connectivity index (χ3n) is 5.54. The summed E-state index contributed by atoms with van der Waals surface area (Å²) >= 11 is 0. The summed E-state index contributed by atoms with van der Waals surface area (Å²) in [6, 6.07) is 28.0. The summed E-state index contributed by atoms with van der Waals surface area (Å²) in [7, 11) is 0. The second kappa shape index (κ2) is 8.89. The fraction of sp³-hybridized carbons (Fsp3) is 0.286. The summed E-state index contributed by atoms with van der Waals surface area (Å²) in [4.78, 5) is 18.5. The fourth-order valence-corrected chi connectivity index (χ4v) is 4.18. The number of benzene rings is 3. The summed E-state index contributed by atoms with van der Waals surface area (Å²) in [6.07, 6.45) is 1.67. The Morgan fingerprint density at radius 2 is 1.26 bits per heavy atom. The molecule has 3 heteroatoms. The third-order valence-corrected chi connectivity index (χ3v) is 5.54. The van der Waals surface area contributed by atoms with E-state index in [0.29, 0.717) is 0 Å². The maximum atomic E-state index is 13.4. The number of carbonyl (C=O) groups excluding carboxylic acids is 1. The van der Waals surface area contributed by atoms with Gasteiger partial charge in [0.1, 0.15) is 5.60 Å². The minimum atomic E-state index is -0.568. The van der Waals surface area contributed by atoms with Crippen LogP contribution in [0.1, 0.15) is 43.0 Å². The second-order valence-corrected chi connectivity index (χ2v) is 9.13. The fourth-order valence-electron chi connectivity index (χ4n) is 4.18. The molecule has 3 nitrogen and oxygen atoms in total. The molecule has 31 heavy (non-hydrogen) atoms. The van der Waals surface area contributed by atoms with E-state index >= 15 is 0 Å². The highest BCUT2D eigenvalue weighted by Crippen LogP contribution is 2.32. The molecule has 3 aromatic carbocycles. The van der Waals surface area contributed by atoms with Crippen LogP contribution in [0.5, 0.6) is 0 Å². The van der Waals surface area contributed by atoms with Crippen molar-refractivity contribution >= 4 is 11.7 Å². The van der Waals surface area contributed by atoms with E-state index in [4.69, 9.17) is 9.73 Å². The van der Waals surface area contributed by atoms with Crippen molar-refractivity contribution in [1.29, 1.82) is 0 Å².